The Hall–Kier alpha value is -2.41. The van der Waals surface area contributed by atoms with E-state index >= 15 is 0 Å². The topological polar surface area (TPSA) is 62.2 Å². The quantitative estimate of drug-likeness (QED) is 0.834. The molecule has 0 bridgehead atoms. The van der Waals surface area contributed by atoms with Crippen LogP contribution in [0, 0.1) is 0 Å². The lowest BCUT2D eigenvalue weighted by molar-refractivity contribution is -0.174. The molecule has 1 aromatic carbocycles. The van der Waals surface area contributed by atoms with Gasteiger partial charge in [0.1, 0.15) is 6.04 Å². The number of benzene rings is 1. The van der Waals surface area contributed by atoms with Crippen molar-refractivity contribution >= 4 is 5.97 Å². The van der Waals surface area contributed by atoms with Crippen LogP contribution in [0.25, 0.3) is 11.3 Å². The first-order chi connectivity index (χ1) is 10.3. The first-order valence-electron chi connectivity index (χ1n) is 6.43. The molecular formula is C15H13F3N2O2. The van der Waals surface area contributed by atoms with E-state index in [2.05, 4.69) is 4.98 Å². The zero-order valence-electron chi connectivity index (χ0n) is 11.3. The number of carboxylic acid groups (broad SMARTS) is 1. The van der Waals surface area contributed by atoms with Gasteiger partial charge in [0.05, 0.1) is 5.69 Å². The number of rotatable bonds is 5. The van der Waals surface area contributed by atoms with Gasteiger partial charge in [0.2, 0.25) is 0 Å². The molecule has 1 heterocycles. The molecule has 22 heavy (non-hydrogen) atoms. The molecule has 0 aliphatic rings. The molecule has 0 amide bonds. The van der Waals surface area contributed by atoms with Crippen LogP contribution < -0.4 is 5.32 Å². The van der Waals surface area contributed by atoms with Gasteiger partial charge in [-0.15, -0.1) is 0 Å². The van der Waals surface area contributed by atoms with E-state index in [1.165, 1.54) is 0 Å². The summed E-state index contributed by atoms with van der Waals surface area (Å²) in [5.41, 5.74) is 2.03. The first kappa shape index (κ1) is 16.0. The smallest absolute Gasteiger partial charge is 0.457 e. The minimum Gasteiger partial charge on any atom is -0.480 e. The molecule has 2 rings (SSSR count). The van der Waals surface area contributed by atoms with Gasteiger partial charge in [-0.05, 0) is 24.1 Å². The van der Waals surface area contributed by atoms with E-state index in [1.54, 1.807) is 42.6 Å². The van der Waals surface area contributed by atoms with Gasteiger partial charge in [-0.3, -0.25) is 9.78 Å². The number of hydrogen-bond donors (Lipinski definition) is 2. The molecule has 0 unspecified atom stereocenters. The highest BCUT2D eigenvalue weighted by Crippen LogP contribution is 2.18. The third-order valence-corrected chi connectivity index (χ3v) is 2.99. The maximum Gasteiger partial charge on any atom is 0.457 e. The van der Waals surface area contributed by atoms with Crippen molar-refractivity contribution in [3.05, 3.63) is 54.2 Å². The number of halogens is 3. The van der Waals surface area contributed by atoms with Gasteiger partial charge in [-0.25, -0.2) is 5.32 Å². The Labute approximate surface area is 124 Å². The predicted molar refractivity (Wildman–Crippen MR) is 74.0 cm³/mol. The maximum absolute atomic E-state index is 12.3. The first-order valence-corrected chi connectivity index (χ1v) is 6.43. The van der Waals surface area contributed by atoms with Gasteiger partial charge >= 0.3 is 12.3 Å². The van der Waals surface area contributed by atoms with Crippen molar-refractivity contribution in [3.63, 3.8) is 0 Å². The molecule has 2 N–H and O–H groups in total. The van der Waals surface area contributed by atoms with Gasteiger partial charge < -0.3 is 5.11 Å². The minimum atomic E-state index is -4.74. The maximum atomic E-state index is 12.3. The number of carboxylic acids is 1. The monoisotopic (exact) mass is 310 g/mol. The van der Waals surface area contributed by atoms with Crippen LogP contribution in [-0.2, 0) is 11.2 Å². The fourth-order valence-corrected chi connectivity index (χ4v) is 1.98. The second kappa shape index (κ2) is 6.57. The van der Waals surface area contributed by atoms with Crippen LogP contribution in [0.4, 0.5) is 13.2 Å². The standard InChI is InChI=1S/C15H13F3N2O2/c16-15(17,18)20-13(14(21)22)9-10-4-6-11(7-5-10)12-3-1-2-8-19-12/h1-8,13,20H,9H2,(H,21,22)/t13-/m0/s1. The Morgan fingerprint density at radius 2 is 1.86 bits per heavy atom. The van der Waals surface area contributed by atoms with Crippen LogP contribution in [0.3, 0.4) is 0 Å². The normalized spacial score (nSPS) is 12.9. The zero-order valence-corrected chi connectivity index (χ0v) is 11.3. The molecule has 0 fully saturated rings. The van der Waals surface area contributed by atoms with Crippen LogP contribution in [-0.4, -0.2) is 28.4 Å². The van der Waals surface area contributed by atoms with Crippen molar-refractivity contribution in [3.8, 4) is 11.3 Å². The number of alkyl halides is 3. The summed E-state index contributed by atoms with van der Waals surface area (Å²) in [6.07, 6.45) is -3.37. The van der Waals surface area contributed by atoms with Crippen LogP contribution in [0.15, 0.2) is 48.7 Å². The van der Waals surface area contributed by atoms with Crippen molar-refractivity contribution in [2.24, 2.45) is 0 Å². The second-order valence-electron chi connectivity index (χ2n) is 4.65. The number of hydrogen-bond acceptors (Lipinski definition) is 3. The average Bonchev–Trinajstić information content (AvgIpc) is 2.47. The average molecular weight is 310 g/mol. The Morgan fingerprint density at radius 1 is 1.18 bits per heavy atom. The summed E-state index contributed by atoms with van der Waals surface area (Å²) in [5.74, 6) is -1.55. The number of nitrogens with one attached hydrogen (secondary N) is 1. The summed E-state index contributed by atoms with van der Waals surface area (Å²) in [4.78, 5) is 15.1. The summed E-state index contributed by atoms with van der Waals surface area (Å²) in [7, 11) is 0. The number of carbonyl (C=O) groups is 1. The van der Waals surface area contributed by atoms with Gasteiger partial charge in [0.15, 0.2) is 0 Å². The lowest BCUT2D eigenvalue weighted by Crippen LogP contribution is -2.46. The van der Waals surface area contributed by atoms with Gasteiger partial charge in [-0.2, -0.15) is 13.2 Å². The summed E-state index contributed by atoms with van der Waals surface area (Å²) < 4.78 is 36.8. The number of aliphatic carboxylic acids is 1. The lowest BCUT2D eigenvalue weighted by atomic mass is 10.0. The Morgan fingerprint density at radius 3 is 2.36 bits per heavy atom. The molecule has 0 radical (unpaired) electrons. The van der Waals surface area contributed by atoms with Crippen molar-refractivity contribution in [1.29, 1.82) is 0 Å². The van der Waals surface area contributed by atoms with Gasteiger partial charge in [-0.1, -0.05) is 30.3 Å². The summed E-state index contributed by atoms with van der Waals surface area (Å²) in [6.45, 7) is 0. The minimum absolute atomic E-state index is 0.267. The van der Waals surface area contributed by atoms with Crippen molar-refractivity contribution in [2.75, 3.05) is 0 Å². The molecule has 0 spiro atoms. The largest absolute Gasteiger partial charge is 0.480 e. The second-order valence-corrected chi connectivity index (χ2v) is 4.65. The SMILES string of the molecule is O=C(O)[C@H](Cc1ccc(-c2ccccn2)cc1)NC(F)(F)F. The van der Waals surface area contributed by atoms with E-state index in [4.69, 9.17) is 5.11 Å². The highest BCUT2D eigenvalue weighted by molar-refractivity contribution is 5.74. The van der Waals surface area contributed by atoms with E-state index in [1.807, 2.05) is 6.07 Å². The fraction of sp³-hybridized carbons (Fsp3) is 0.200. The molecule has 0 aliphatic carbocycles. The molecule has 2 aromatic rings. The third kappa shape index (κ3) is 4.56. The zero-order chi connectivity index (χ0) is 16.2. The molecule has 7 heteroatoms. The lowest BCUT2D eigenvalue weighted by Gasteiger charge is -2.16. The summed E-state index contributed by atoms with van der Waals surface area (Å²) in [6, 6.07) is 10.3. The number of nitrogens with zero attached hydrogens (tertiary/aromatic N) is 1. The number of aromatic nitrogens is 1. The Bertz CT molecular complexity index is 627. The summed E-state index contributed by atoms with van der Waals surface area (Å²) in [5, 5.41) is 10.00. The van der Waals surface area contributed by atoms with E-state index in [0.717, 1.165) is 16.6 Å². The molecule has 1 atom stereocenters. The van der Waals surface area contributed by atoms with Crippen molar-refractivity contribution < 1.29 is 23.1 Å². The van der Waals surface area contributed by atoms with E-state index in [9.17, 15) is 18.0 Å². The molecule has 1 aromatic heterocycles. The highest BCUT2D eigenvalue weighted by atomic mass is 19.4. The van der Waals surface area contributed by atoms with Gasteiger partial charge in [0, 0.05) is 11.8 Å². The Kier molecular flexibility index (Phi) is 4.77. The van der Waals surface area contributed by atoms with Crippen molar-refractivity contribution in [1.82, 2.24) is 10.3 Å². The predicted octanol–water partition coefficient (Wildman–Crippen LogP) is 2.85. The van der Waals surface area contributed by atoms with E-state index in [0.29, 0.717) is 5.56 Å². The van der Waals surface area contributed by atoms with Crippen LogP contribution in [0.1, 0.15) is 5.56 Å². The molecule has 0 saturated heterocycles. The molecule has 0 aliphatic heterocycles. The third-order valence-electron chi connectivity index (χ3n) is 2.99. The van der Waals surface area contributed by atoms with E-state index < -0.39 is 18.3 Å². The van der Waals surface area contributed by atoms with Crippen LogP contribution >= 0.6 is 0 Å². The van der Waals surface area contributed by atoms with E-state index in [-0.39, 0.29) is 6.42 Å². The van der Waals surface area contributed by atoms with Gasteiger partial charge in [0.25, 0.3) is 0 Å². The molecule has 4 nitrogen and oxygen atoms in total. The van der Waals surface area contributed by atoms with Crippen LogP contribution in [0.5, 0.6) is 0 Å². The Balaban J connectivity index is 2.11. The molecule has 0 saturated carbocycles. The van der Waals surface area contributed by atoms with Crippen molar-refractivity contribution in [2.45, 2.75) is 18.8 Å². The fourth-order valence-electron chi connectivity index (χ4n) is 1.98. The molecular weight excluding hydrogens is 297 g/mol. The molecule has 116 valence electrons. The summed E-state index contributed by atoms with van der Waals surface area (Å²) >= 11 is 0. The van der Waals surface area contributed by atoms with Crippen LogP contribution in [0.2, 0.25) is 0 Å². The number of pyridine rings is 1. The highest BCUT2D eigenvalue weighted by Gasteiger charge is 2.34.